The number of aromatic nitrogens is 1. The highest BCUT2D eigenvalue weighted by molar-refractivity contribution is 14.0. The molecule has 2 N–H and O–H groups in total. The number of halogens is 1. The minimum atomic E-state index is 0. The number of rotatable bonds is 7. The molecular weight excluding hydrogens is 463 g/mol. The molecule has 0 radical (unpaired) electrons. The van der Waals surface area contributed by atoms with E-state index in [1.807, 2.05) is 36.5 Å². The fraction of sp³-hybridized carbons (Fsp3) is 0.273. The smallest absolute Gasteiger partial charge is 0.191 e. The highest BCUT2D eigenvalue weighted by Gasteiger charge is 2.03. The maximum Gasteiger partial charge on any atom is 0.191 e. The second kappa shape index (κ2) is 11.5. The molecule has 0 unspecified atom stereocenters. The van der Waals surface area contributed by atoms with Crippen molar-refractivity contribution in [1.82, 2.24) is 15.6 Å². The van der Waals surface area contributed by atoms with E-state index in [0.29, 0.717) is 6.54 Å². The monoisotopic (exact) mass is 490 g/mol. The summed E-state index contributed by atoms with van der Waals surface area (Å²) in [6.07, 6.45) is 2.76. The van der Waals surface area contributed by atoms with Gasteiger partial charge < -0.3 is 15.4 Å². The lowest BCUT2D eigenvalue weighted by molar-refractivity contribution is 0.414. The van der Waals surface area contributed by atoms with Gasteiger partial charge in [0.15, 0.2) is 5.96 Å². The Hall–Kier alpha value is -2.35. The molecule has 6 heteroatoms. The van der Waals surface area contributed by atoms with Gasteiger partial charge in [0.2, 0.25) is 0 Å². The Labute approximate surface area is 183 Å². The SMILES string of the molecule is CCNC(=NCc1nccc2ccccc12)NCCc1ccc(OC)cc1.I. The van der Waals surface area contributed by atoms with Crippen molar-refractivity contribution in [3.05, 3.63) is 72.1 Å². The molecule has 1 aromatic heterocycles. The van der Waals surface area contributed by atoms with Crippen LogP contribution in [0, 0.1) is 0 Å². The van der Waals surface area contributed by atoms with Crippen molar-refractivity contribution in [2.24, 2.45) is 4.99 Å². The molecule has 0 atom stereocenters. The number of aliphatic imine (C=N–C) groups is 1. The number of nitrogens with one attached hydrogen (secondary N) is 2. The Balaban J connectivity index is 0.00000280. The maximum atomic E-state index is 5.20. The summed E-state index contributed by atoms with van der Waals surface area (Å²) in [6, 6.07) is 18.5. The summed E-state index contributed by atoms with van der Waals surface area (Å²) in [4.78, 5) is 9.21. The van der Waals surface area contributed by atoms with E-state index in [1.165, 1.54) is 10.9 Å². The van der Waals surface area contributed by atoms with E-state index < -0.39 is 0 Å². The normalized spacial score (nSPS) is 11.0. The lowest BCUT2D eigenvalue weighted by Crippen LogP contribution is -2.38. The standard InChI is InChI=1S/C22H26N4O.HI/c1-3-23-22(25-14-12-17-8-10-19(27-2)11-9-17)26-16-21-20-7-5-4-6-18(20)13-15-24-21;/h4-11,13,15H,3,12,14,16H2,1-2H3,(H2,23,25,26);1H. The summed E-state index contributed by atoms with van der Waals surface area (Å²) >= 11 is 0. The number of guanidine groups is 1. The molecule has 0 aliphatic heterocycles. The van der Waals surface area contributed by atoms with Crippen LogP contribution in [0.4, 0.5) is 0 Å². The van der Waals surface area contributed by atoms with Crippen molar-refractivity contribution in [1.29, 1.82) is 0 Å². The molecule has 0 aliphatic carbocycles. The summed E-state index contributed by atoms with van der Waals surface area (Å²) in [5, 5.41) is 9.03. The van der Waals surface area contributed by atoms with Crippen molar-refractivity contribution in [2.75, 3.05) is 20.2 Å². The van der Waals surface area contributed by atoms with Crippen LogP contribution >= 0.6 is 24.0 Å². The molecule has 3 rings (SSSR count). The Morgan fingerprint density at radius 1 is 1.04 bits per heavy atom. The molecule has 28 heavy (non-hydrogen) atoms. The lowest BCUT2D eigenvalue weighted by atomic mass is 10.1. The fourth-order valence-electron chi connectivity index (χ4n) is 2.92. The largest absolute Gasteiger partial charge is 0.497 e. The van der Waals surface area contributed by atoms with E-state index in [1.54, 1.807) is 7.11 Å². The molecule has 0 bridgehead atoms. The third kappa shape index (κ3) is 6.09. The van der Waals surface area contributed by atoms with Crippen molar-refractivity contribution in [3.8, 4) is 5.75 Å². The zero-order valence-electron chi connectivity index (χ0n) is 16.3. The average Bonchev–Trinajstić information content (AvgIpc) is 2.72. The maximum absolute atomic E-state index is 5.20. The number of pyridine rings is 1. The van der Waals surface area contributed by atoms with Crippen LogP contribution in [-0.2, 0) is 13.0 Å². The molecule has 1 heterocycles. The molecule has 2 aromatic carbocycles. The van der Waals surface area contributed by atoms with E-state index in [2.05, 4.69) is 46.8 Å². The first kappa shape index (κ1) is 21.9. The van der Waals surface area contributed by atoms with E-state index in [9.17, 15) is 0 Å². The van der Waals surface area contributed by atoms with Gasteiger partial charge in [-0.2, -0.15) is 0 Å². The Morgan fingerprint density at radius 2 is 1.82 bits per heavy atom. The lowest BCUT2D eigenvalue weighted by Gasteiger charge is -2.12. The molecular formula is C22H27IN4O. The molecule has 0 amide bonds. The molecule has 0 saturated heterocycles. The Kier molecular flexibility index (Phi) is 9.00. The fourth-order valence-corrected chi connectivity index (χ4v) is 2.92. The molecule has 0 spiro atoms. The van der Waals surface area contributed by atoms with Crippen LogP contribution in [0.15, 0.2) is 65.8 Å². The quantitative estimate of drug-likeness (QED) is 0.297. The van der Waals surface area contributed by atoms with Gasteiger partial charge >= 0.3 is 0 Å². The third-order valence-electron chi connectivity index (χ3n) is 4.35. The third-order valence-corrected chi connectivity index (χ3v) is 4.35. The van der Waals surface area contributed by atoms with Crippen LogP contribution in [0.2, 0.25) is 0 Å². The second-order valence-electron chi connectivity index (χ2n) is 6.20. The summed E-state index contributed by atoms with van der Waals surface area (Å²) in [5.41, 5.74) is 2.25. The zero-order valence-corrected chi connectivity index (χ0v) is 18.6. The van der Waals surface area contributed by atoms with Crippen LogP contribution in [0.3, 0.4) is 0 Å². The van der Waals surface area contributed by atoms with E-state index in [0.717, 1.165) is 42.3 Å². The minimum absolute atomic E-state index is 0. The van der Waals surface area contributed by atoms with Crippen LogP contribution in [-0.4, -0.2) is 31.1 Å². The van der Waals surface area contributed by atoms with Crippen LogP contribution < -0.4 is 15.4 Å². The van der Waals surface area contributed by atoms with Gasteiger partial charge in [-0.1, -0.05) is 36.4 Å². The van der Waals surface area contributed by atoms with Gasteiger partial charge in [-0.25, -0.2) is 4.99 Å². The van der Waals surface area contributed by atoms with Gasteiger partial charge in [0, 0.05) is 24.7 Å². The summed E-state index contributed by atoms with van der Waals surface area (Å²) in [7, 11) is 1.68. The molecule has 5 nitrogen and oxygen atoms in total. The summed E-state index contributed by atoms with van der Waals surface area (Å²) < 4.78 is 5.20. The van der Waals surface area contributed by atoms with E-state index >= 15 is 0 Å². The van der Waals surface area contributed by atoms with Gasteiger partial charge in [-0.05, 0) is 42.5 Å². The van der Waals surface area contributed by atoms with Crippen molar-refractivity contribution in [3.63, 3.8) is 0 Å². The van der Waals surface area contributed by atoms with Gasteiger partial charge in [0.1, 0.15) is 5.75 Å². The molecule has 3 aromatic rings. The van der Waals surface area contributed by atoms with Gasteiger partial charge in [0.05, 0.1) is 19.3 Å². The highest BCUT2D eigenvalue weighted by atomic mass is 127. The number of ether oxygens (including phenoxy) is 1. The predicted octanol–water partition coefficient (Wildman–Crippen LogP) is 4.16. The predicted molar refractivity (Wildman–Crippen MR) is 127 cm³/mol. The number of nitrogens with zero attached hydrogens (tertiary/aromatic N) is 2. The topological polar surface area (TPSA) is 58.5 Å². The van der Waals surface area contributed by atoms with Crippen LogP contribution in [0.1, 0.15) is 18.2 Å². The summed E-state index contributed by atoms with van der Waals surface area (Å²) in [6.45, 7) is 4.23. The van der Waals surface area contributed by atoms with Gasteiger partial charge in [0.25, 0.3) is 0 Å². The summed E-state index contributed by atoms with van der Waals surface area (Å²) in [5.74, 6) is 1.69. The van der Waals surface area contributed by atoms with E-state index in [-0.39, 0.29) is 24.0 Å². The zero-order chi connectivity index (χ0) is 18.9. The average molecular weight is 490 g/mol. The first-order valence-electron chi connectivity index (χ1n) is 9.28. The Morgan fingerprint density at radius 3 is 2.57 bits per heavy atom. The molecule has 148 valence electrons. The van der Waals surface area contributed by atoms with Crippen LogP contribution in [0.5, 0.6) is 5.75 Å². The number of benzene rings is 2. The number of hydrogen-bond acceptors (Lipinski definition) is 3. The van der Waals surface area contributed by atoms with Gasteiger partial charge in [-0.15, -0.1) is 24.0 Å². The second-order valence-corrected chi connectivity index (χ2v) is 6.20. The highest BCUT2D eigenvalue weighted by Crippen LogP contribution is 2.16. The molecule has 0 aliphatic rings. The van der Waals surface area contributed by atoms with Crippen LogP contribution in [0.25, 0.3) is 10.8 Å². The number of fused-ring (bicyclic) bond motifs is 1. The van der Waals surface area contributed by atoms with Crippen molar-refractivity contribution >= 4 is 40.7 Å². The Bertz CT molecular complexity index is 891. The first-order valence-corrected chi connectivity index (χ1v) is 9.28. The number of methoxy groups -OCH3 is 1. The molecule has 0 fully saturated rings. The first-order chi connectivity index (χ1) is 13.3. The van der Waals surface area contributed by atoms with Crippen molar-refractivity contribution in [2.45, 2.75) is 19.9 Å². The number of hydrogen-bond donors (Lipinski definition) is 2. The van der Waals surface area contributed by atoms with Gasteiger partial charge in [-0.3, -0.25) is 4.98 Å². The molecule has 0 saturated carbocycles. The van der Waals surface area contributed by atoms with E-state index in [4.69, 9.17) is 9.73 Å². The minimum Gasteiger partial charge on any atom is -0.497 e. The van der Waals surface area contributed by atoms with Crippen molar-refractivity contribution < 1.29 is 4.74 Å².